The first-order valence-corrected chi connectivity index (χ1v) is 6.00. The first-order chi connectivity index (χ1) is 7.32. The zero-order valence-electron chi connectivity index (χ0n) is 9.21. The van der Waals surface area contributed by atoms with Gasteiger partial charge in [-0.05, 0) is 23.4 Å². The quantitative estimate of drug-likeness (QED) is 0.843. The van der Waals surface area contributed by atoms with E-state index in [9.17, 15) is 0 Å². The van der Waals surface area contributed by atoms with Crippen LogP contribution in [0.5, 0.6) is 0 Å². The summed E-state index contributed by atoms with van der Waals surface area (Å²) in [7, 11) is 3.47. The van der Waals surface area contributed by atoms with Crippen molar-refractivity contribution in [3.05, 3.63) is 21.9 Å². The van der Waals surface area contributed by atoms with Crippen LogP contribution in [0.15, 0.2) is 11.4 Å². The van der Waals surface area contributed by atoms with Crippen LogP contribution in [0.4, 0.5) is 0 Å². The second kappa shape index (κ2) is 4.61. The fourth-order valence-corrected chi connectivity index (χ4v) is 3.34. The van der Waals surface area contributed by atoms with Crippen molar-refractivity contribution < 1.29 is 9.47 Å². The summed E-state index contributed by atoms with van der Waals surface area (Å²) in [5.74, 6) is 0. The molecule has 1 aromatic heterocycles. The second-order valence-corrected chi connectivity index (χ2v) is 4.82. The molecule has 0 saturated heterocycles. The van der Waals surface area contributed by atoms with E-state index < -0.39 is 0 Å². The molecule has 0 atom stereocenters. The number of nitrogens with one attached hydrogen (secondary N) is 1. The van der Waals surface area contributed by atoms with Crippen LogP contribution in [0.25, 0.3) is 0 Å². The van der Waals surface area contributed by atoms with Crippen LogP contribution >= 0.6 is 11.3 Å². The summed E-state index contributed by atoms with van der Waals surface area (Å²) < 4.78 is 10.7. The van der Waals surface area contributed by atoms with Crippen molar-refractivity contribution in [2.45, 2.75) is 12.0 Å². The molecule has 2 rings (SSSR count). The normalized spacial score (nSPS) is 18.8. The molecule has 0 amide bonds. The number of thiophene rings is 1. The van der Waals surface area contributed by atoms with Gasteiger partial charge in [-0.1, -0.05) is 0 Å². The third-order valence-electron chi connectivity index (χ3n) is 2.82. The molecule has 1 aromatic rings. The van der Waals surface area contributed by atoms with Gasteiger partial charge in [0.1, 0.15) is 5.54 Å². The largest absolute Gasteiger partial charge is 0.382 e. The van der Waals surface area contributed by atoms with Crippen molar-refractivity contribution in [1.82, 2.24) is 5.32 Å². The van der Waals surface area contributed by atoms with Crippen LogP contribution in [0.2, 0.25) is 0 Å². The van der Waals surface area contributed by atoms with Crippen molar-refractivity contribution in [2.75, 3.05) is 34.0 Å². The van der Waals surface area contributed by atoms with E-state index in [4.69, 9.17) is 9.47 Å². The summed E-state index contributed by atoms with van der Waals surface area (Å²) in [6.07, 6.45) is 1.11. The fourth-order valence-electron chi connectivity index (χ4n) is 2.24. The topological polar surface area (TPSA) is 30.5 Å². The van der Waals surface area contributed by atoms with Crippen LogP contribution in [0, 0.1) is 0 Å². The molecule has 0 saturated carbocycles. The van der Waals surface area contributed by atoms with E-state index in [2.05, 4.69) is 16.8 Å². The highest BCUT2D eigenvalue weighted by Gasteiger charge is 2.37. The van der Waals surface area contributed by atoms with Gasteiger partial charge in [-0.15, -0.1) is 11.3 Å². The number of hydrogen-bond acceptors (Lipinski definition) is 4. The summed E-state index contributed by atoms with van der Waals surface area (Å²) in [5.41, 5.74) is 1.30. The number of rotatable bonds is 4. The van der Waals surface area contributed by atoms with Gasteiger partial charge in [0.25, 0.3) is 0 Å². The van der Waals surface area contributed by atoms with Crippen LogP contribution in [-0.4, -0.2) is 34.0 Å². The minimum Gasteiger partial charge on any atom is -0.382 e. The summed E-state index contributed by atoms with van der Waals surface area (Å²) in [5, 5.41) is 5.69. The Morgan fingerprint density at radius 1 is 1.40 bits per heavy atom. The molecule has 15 heavy (non-hydrogen) atoms. The maximum atomic E-state index is 5.33. The van der Waals surface area contributed by atoms with Crippen molar-refractivity contribution in [2.24, 2.45) is 0 Å². The fraction of sp³-hybridized carbons (Fsp3) is 0.636. The smallest absolute Gasteiger partial charge is 0.100 e. The summed E-state index contributed by atoms with van der Waals surface area (Å²) in [4.78, 5) is 1.37. The van der Waals surface area contributed by atoms with Gasteiger partial charge in [0, 0.05) is 25.6 Å². The Morgan fingerprint density at radius 2 is 2.13 bits per heavy atom. The summed E-state index contributed by atoms with van der Waals surface area (Å²) in [6.45, 7) is 2.32. The van der Waals surface area contributed by atoms with Gasteiger partial charge in [0.05, 0.1) is 13.2 Å². The maximum Gasteiger partial charge on any atom is 0.100 e. The number of methoxy groups -OCH3 is 2. The lowest BCUT2D eigenvalue weighted by atomic mass is 9.91. The molecule has 0 aliphatic carbocycles. The highest BCUT2D eigenvalue weighted by molar-refractivity contribution is 7.10. The van der Waals surface area contributed by atoms with E-state index in [0.717, 1.165) is 13.0 Å². The minimum absolute atomic E-state index is 0.134. The third kappa shape index (κ3) is 1.95. The average molecular weight is 227 g/mol. The van der Waals surface area contributed by atoms with E-state index in [1.54, 1.807) is 25.6 Å². The molecule has 1 N–H and O–H groups in total. The van der Waals surface area contributed by atoms with Gasteiger partial charge in [-0.3, -0.25) is 0 Å². The Kier molecular flexibility index (Phi) is 3.41. The first-order valence-electron chi connectivity index (χ1n) is 5.12. The SMILES string of the molecule is COCC1(COC)NCCc2ccsc21. The maximum absolute atomic E-state index is 5.33. The standard InChI is InChI=1S/C11H17NO2S/c1-13-7-11(8-14-2)10-9(3-5-12-11)4-6-15-10/h4,6,12H,3,5,7-8H2,1-2H3. The molecule has 3 nitrogen and oxygen atoms in total. The number of fused-ring (bicyclic) bond motifs is 1. The van der Waals surface area contributed by atoms with Gasteiger partial charge in [-0.25, -0.2) is 0 Å². The van der Waals surface area contributed by atoms with Crippen molar-refractivity contribution in [3.63, 3.8) is 0 Å². The van der Waals surface area contributed by atoms with Crippen LogP contribution in [0.3, 0.4) is 0 Å². The first kappa shape index (κ1) is 11.1. The van der Waals surface area contributed by atoms with E-state index in [0.29, 0.717) is 13.2 Å². The lowest BCUT2D eigenvalue weighted by Gasteiger charge is -2.37. The molecule has 1 aliphatic heterocycles. The zero-order valence-corrected chi connectivity index (χ0v) is 10.0. The van der Waals surface area contributed by atoms with Gasteiger partial charge < -0.3 is 14.8 Å². The van der Waals surface area contributed by atoms with Gasteiger partial charge in [-0.2, -0.15) is 0 Å². The Morgan fingerprint density at radius 3 is 2.80 bits per heavy atom. The molecular weight excluding hydrogens is 210 g/mol. The molecule has 84 valence electrons. The predicted molar refractivity (Wildman–Crippen MR) is 61.5 cm³/mol. The Bertz CT molecular complexity index is 318. The molecule has 4 heteroatoms. The lowest BCUT2D eigenvalue weighted by Crippen LogP contribution is -2.52. The highest BCUT2D eigenvalue weighted by atomic mass is 32.1. The zero-order chi connectivity index (χ0) is 10.7. The molecule has 0 spiro atoms. The minimum atomic E-state index is -0.134. The lowest BCUT2D eigenvalue weighted by molar-refractivity contribution is 0.0383. The summed E-state index contributed by atoms with van der Waals surface area (Å²) >= 11 is 1.79. The van der Waals surface area contributed by atoms with E-state index >= 15 is 0 Å². The molecule has 1 aliphatic rings. The molecular formula is C11H17NO2S. The van der Waals surface area contributed by atoms with Crippen molar-refractivity contribution >= 4 is 11.3 Å². The number of hydrogen-bond donors (Lipinski definition) is 1. The number of ether oxygens (including phenoxy) is 2. The summed E-state index contributed by atoms with van der Waals surface area (Å²) in [6, 6.07) is 2.21. The third-order valence-corrected chi connectivity index (χ3v) is 3.98. The van der Waals surface area contributed by atoms with Crippen molar-refractivity contribution in [3.8, 4) is 0 Å². The average Bonchev–Trinajstić information content (AvgIpc) is 2.68. The van der Waals surface area contributed by atoms with E-state index in [-0.39, 0.29) is 5.54 Å². The second-order valence-electron chi connectivity index (χ2n) is 3.90. The highest BCUT2D eigenvalue weighted by Crippen LogP contribution is 2.33. The van der Waals surface area contributed by atoms with Gasteiger partial charge in [0.2, 0.25) is 0 Å². The molecule has 2 heterocycles. The molecule has 0 unspecified atom stereocenters. The molecule has 0 aromatic carbocycles. The molecule has 0 bridgehead atoms. The van der Waals surface area contributed by atoms with Crippen LogP contribution in [-0.2, 0) is 21.4 Å². The van der Waals surface area contributed by atoms with Crippen LogP contribution in [0.1, 0.15) is 10.4 Å². The Hall–Kier alpha value is -0.420. The predicted octanol–water partition coefficient (Wildman–Crippen LogP) is 1.38. The Labute approximate surface area is 94.4 Å². The molecule has 0 fully saturated rings. The van der Waals surface area contributed by atoms with Crippen LogP contribution < -0.4 is 5.32 Å². The Balaban J connectivity index is 2.33. The van der Waals surface area contributed by atoms with Crippen molar-refractivity contribution in [1.29, 1.82) is 0 Å². The van der Waals surface area contributed by atoms with E-state index in [1.807, 2.05) is 0 Å². The van der Waals surface area contributed by atoms with E-state index in [1.165, 1.54) is 10.4 Å². The molecule has 0 radical (unpaired) electrons. The van der Waals surface area contributed by atoms with Gasteiger partial charge in [0.15, 0.2) is 0 Å². The van der Waals surface area contributed by atoms with Gasteiger partial charge >= 0.3 is 0 Å². The monoisotopic (exact) mass is 227 g/mol.